The molecule has 0 aliphatic rings. The third-order valence-corrected chi connectivity index (χ3v) is 3.79. The van der Waals surface area contributed by atoms with Crippen LogP contribution in [-0.4, -0.2) is 19.7 Å². The normalized spacial score (nSPS) is 11.2. The van der Waals surface area contributed by atoms with Crippen molar-refractivity contribution in [1.29, 1.82) is 0 Å². The average molecular weight is 290 g/mol. The van der Waals surface area contributed by atoms with Crippen LogP contribution in [0.2, 0.25) is 0 Å². The number of hydrogen-bond donors (Lipinski definition) is 1. The number of nitrogens with one attached hydrogen (secondary N) is 1. The van der Waals surface area contributed by atoms with Gasteiger partial charge in [0.05, 0.1) is 5.75 Å². The molecule has 3 rings (SSSR count). The lowest BCUT2D eigenvalue weighted by Crippen LogP contribution is -2.17. The van der Waals surface area contributed by atoms with Gasteiger partial charge in [0.1, 0.15) is 5.52 Å². The van der Waals surface area contributed by atoms with Crippen molar-refractivity contribution < 1.29 is 4.42 Å². The number of nitrogens with zero attached hydrogens (tertiary/aromatic N) is 3. The van der Waals surface area contributed by atoms with Gasteiger partial charge in [-0.1, -0.05) is 30.8 Å². The van der Waals surface area contributed by atoms with Crippen molar-refractivity contribution in [1.82, 2.24) is 19.7 Å². The molecule has 0 spiro atoms. The number of para-hydroxylation sites is 2. The predicted octanol–water partition coefficient (Wildman–Crippen LogP) is 2.41. The van der Waals surface area contributed by atoms with Crippen LogP contribution in [0.25, 0.3) is 11.1 Å². The van der Waals surface area contributed by atoms with Crippen LogP contribution in [0.15, 0.2) is 38.6 Å². The highest BCUT2D eigenvalue weighted by molar-refractivity contribution is 7.98. The van der Waals surface area contributed by atoms with E-state index in [2.05, 4.69) is 15.2 Å². The number of aromatic amines is 1. The summed E-state index contributed by atoms with van der Waals surface area (Å²) in [5, 5.41) is 7.16. The standard InChI is InChI=1S/C13H14N4O2S/c1-2-7-17-12(18)15-16-13(17)20-8-11-14-9-5-3-4-6-10(9)19-11/h3-6H,2,7-8H2,1H3,(H,15,18). The first-order valence-electron chi connectivity index (χ1n) is 6.40. The van der Waals surface area contributed by atoms with Crippen LogP contribution in [0.1, 0.15) is 19.2 Å². The predicted molar refractivity (Wildman–Crippen MR) is 76.7 cm³/mol. The summed E-state index contributed by atoms with van der Waals surface area (Å²) in [6, 6.07) is 7.64. The maximum Gasteiger partial charge on any atom is 0.343 e. The van der Waals surface area contributed by atoms with E-state index in [4.69, 9.17) is 4.42 Å². The van der Waals surface area contributed by atoms with Gasteiger partial charge in [-0.3, -0.25) is 4.57 Å². The van der Waals surface area contributed by atoms with Gasteiger partial charge in [0.2, 0.25) is 5.89 Å². The van der Waals surface area contributed by atoms with E-state index < -0.39 is 0 Å². The first-order valence-corrected chi connectivity index (χ1v) is 7.39. The van der Waals surface area contributed by atoms with Crippen molar-refractivity contribution in [2.75, 3.05) is 0 Å². The summed E-state index contributed by atoms with van der Waals surface area (Å²) in [6.07, 6.45) is 0.885. The van der Waals surface area contributed by atoms with Crippen LogP contribution in [0.3, 0.4) is 0 Å². The second-order valence-corrected chi connectivity index (χ2v) is 5.27. The average Bonchev–Trinajstić information content (AvgIpc) is 3.02. The molecule has 0 radical (unpaired) electrons. The van der Waals surface area contributed by atoms with Crippen LogP contribution in [0.4, 0.5) is 0 Å². The molecular weight excluding hydrogens is 276 g/mol. The Morgan fingerprint density at radius 3 is 3.05 bits per heavy atom. The Bertz CT molecular complexity index is 741. The van der Waals surface area contributed by atoms with Crippen molar-refractivity contribution >= 4 is 22.9 Å². The van der Waals surface area contributed by atoms with Crippen molar-refractivity contribution in [2.24, 2.45) is 0 Å². The summed E-state index contributed by atoms with van der Waals surface area (Å²) >= 11 is 1.44. The lowest BCUT2D eigenvalue weighted by atomic mass is 10.3. The molecule has 3 aromatic rings. The fourth-order valence-electron chi connectivity index (χ4n) is 1.94. The zero-order valence-electron chi connectivity index (χ0n) is 11.0. The molecule has 0 aliphatic carbocycles. The number of H-pyrrole nitrogens is 1. The summed E-state index contributed by atoms with van der Waals surface area (Å²) in [7, 11) is 0. The summed E-state index contributed by atoms with van der Waals surface area (Å²) in [5.74, 6) is 1.18. The number of benzene rings is 1. The van der Waals surface area contributed by atoms with Gasteiger partial charge in [-0.2, -0.15) is 0 Å². The second kappa shape index (κ2) is 5.54. The Hall–Kier alpha value is -2.02. The molecule has 2 aromatic heterocycles. The van der Waals surface area contributed by atoms with E-state index in [1.54, 1.807) is 4.57 Å². The topological polar surface area (TPSA) is 76.7 Å². The molecule has 1 N–H and O–H groups in total. The SMILES string of the molecule is CCCn1c(SCc2nc3ccccc3o2)n[nH]c1=O. The molecule has 2 heterocycles. The molecule has 6 nitrogen and oxygen atoms in total. The van der Waals surface area contributed by atoms with Crippen LogP contribution < -0.4 is 5.69 Å². The quantitative estimate of drug-likeness (QED) is 0.730. The van der Waals surface area contributed by atoms with E-state index in [-0.39, 0.29) is 5.69 Å². The minimum absolute atomic E-state index is 0.174. The van der Waals surface area contributed by atoms with Gasteiger partial charge in [0, 0.05) is 6.54 Å². The molecular formula is C13H14N4O2S. The molecule has 0 amide bonds. The number of aromatic nitrogens is 4. The molecule has 0 saturated carbocycles. The summed E-state index contributed by atoms with van der Waals surface area (Å²) in [6.45, 7) is 2.68. The van der Waals surface area contributed by atoms with Crippen LogP contribution in [0.5, 0.6) is 0 Å². The molecule has 0 bridgehead atoms. The number of rotatable bonds is 5. The summed E-state index contributed by atoms with van der Waals surface area (Å²) in [5.41, 5.74) is 1.44. The fourth-order valence-corrected chi connectivity index (χ4v) is 2.76. The van der Waals surface area contributed by atoms with Crippen LogP contribution in [0, 0.1) is 0 Å². The van der Waals surface area contributed by atoms with Crippen molar-refractivity contribution in [3.05, 3.63) is 40.6 Å². The highest BCUT2D eigenvalue weighted by Crippen LogP contribution is 2.22. The Morgan fingerprint density at radius 1 is 1.40 bits per heavy atom. The minimum atomic E-state index is -0.174. The zero-order valence-corrected chi connectivity index (χ0v) is 11.8. The summed E-state index contributed by atoms with van der Waals surface area (Å²) < 4.78 is 7.27. The van der Waals surface area contributed by atoms with E-state index in [0.29, 0.717) is 23.3 Å². The van der Waals surface area contributed by atoms with Gasteiger partial charge in [-0.25, -0.2) is 14.9 Å². The molecule has 0 saturated heterocycles. The Kier molecular flexibility index (Phi) is 3.60. The Labute approximate surface area is 119 Å². The van der Waals surface area contributed by atoms with Gasteiger partial charge in [-0.05, 0) is 18.6 Å². The minimum Gasteiger partial charge on any atom is -0.440 e. The third-order valence-electron chi connectivity index (χ3n) is 2.83. The molecule has 104 valence electrons. The molecule has 0 fully saturated rings. The largest absolute Gasteiger partial charge is 0.440 e. The lowest BCUT2D eigenvalue weighted by molar-refractivity contribution is 0.554. The lowest BCUT2D eigenvalue weighted by Gasteiger charge is -2.01. The zero-order chi connectivity index (χ0) is 13.9. The van der Waals surface area contributed by atoms with Crippen molar-refractivity contribution in [2.45, 2.75) is 30.8 Å². The van der Waals surface area contributed by atoms with Gasteiger partial charge >= 0.3 is 5.69 Å². The Balaban J connectivity index is 1.77. The van der Waals surface area contributed by atoms with Crippen LogP contribution >= 0.6 is 11.8 Å². The highest BCUT2D eigenvalue weighted by Gasteiger charge is 2.11. The first-order chi connectivity index (χ1) is 9.78. The third kappa shape index (κ3) is 2.49. The maximum absolute atomic E-state index is 11.6. The number of oxazole rings is 1. The molecule has 7 heteroatoms. The summed E-state index contributed by atoms with van der Waals surface area (Å²) in [4.78, 5) is 16.0. The van der Waals surface area contributed by atoms with E-state index in [9.17, 15) is 4.79 Å². The molecule has 0 atom stereocenters. The number of hydrogen-bond acceptors (Lipinski definition) is 5. The van der Waals surface area contributed by atoms with Gasteiger partial charge in [0.25, 0.3) is 0 Å². The smallest absolute Gasteiger partial charge is 0.343 e. The maximum atomic E-state index is 11.6. The molecule has 20 heavy (non-hydrogen) atoms. The van der Waals surface area contributed by atoms with E-state index >= 15 is 0 Å². The van der Waals surface area contributed by atoms with Gasteiger partial charge < -0.3 is 4.42 Å². The first kappa shape index (κ1) is 13.0. The van der Waals surface area contributed by atoms with Crippen molar-refractivity contribution in [3.8, 4) is 0 Å². The molecule has 1 aromatic carbocycles. The number of thioether (sulfide) groups is 1. The fraction of sp³-hybridized carbons (Fsp3) is 0.308. The van der Waals surface area contributed by atoms with Gasteiger partial charge in [0.15, 0.2) is 10.7 Å². The molecule has 0 aliphatic heterocycles. The van der Waals surface area contributed by atoms with E-state index in [1.165, 1.54) is 11.8 Å². The van der Waals surface area contributed by atoms with E-state index in [1.807, 2.05) is 31.2 Å². The van der Waals surface area contributed by atoms with Crippen molar-refractivity contribution in [3.63, 3.8) is 0 Å². The second-order valence-electron chi connectivity index (χ2n) is 4.33. The monoisotopic (exact) mass is 290 g/mol. The Morgan fingerprint density at radius 2 is 2.25 bits per heavy atom. The molecule has 0 unspecified atom stereocenters. The highest BCUT2D eigenvalue weighted by atomic mass is 32.2. The van der Waals surface area contributed by atoms with Crippen LogP contribution in [-0.2, 0) is 12.3 Å². The number of fused-ring (bicyclic) bond motifs is 1. The van der Waals surface area contributed by atoms with E-state index in [0.717, 1.165) is 17.5 Å². The van der Waals surface area contributed by atoms with Gasteiger partial charge in [-0.15, -0.1) is 5.10 Å².